The van der Waals surface area contributed by atoms with Gasteiger partial charge in [0.2, 0.25) is 17.6 Å². The van der Waals surface area contributed by atoms with Gasteiger partial charge in [0.05, 0.1) is 17.9 Å². The molecule has 8 heteroatoms. The molecule has 0 fully saturated rings. The van der Waals surface area contributed by atoms with Crippen LogP contribution in [0.3, 0.4) is 0 Å². The van der Waals surface area contributed by atoms with Gasteiger partial charge in [-0.15, -0.1) is 0 Å². The van der Waals surface area contributed by atoms with E-state index < -0.39 is 0 Å². The van der Waals surface area contributed by atoms with Crippen molar-refractivity contribution in [1.82, 2.24) is 30.6 Å². The summed E-state index contributed by atoms with van der Waals surface area (Å²) in [7, 11) is 0. The Hall–Kier alpha value is -3.03. The van der Waals surface area contributed by atoms with Crippen LogP contribution >= 0.6 is 0 Å². The standard InChI is InChI=1S/C19H24N6O2/c1-19(2,3)15-11-14(23-24-15)12-21-16(26)5-4-6-17-22-18(25-27-17)13-7-9-20-10-8-13/h7-11H,4-6,12H2,1-3H3,(H,21,26)(H,23,24). The fourth-order valence-corrected chi connectivity index (χ4v) is 2.49. The summed E-state index contributed by atoms with van der Waals surface area (Å²) < 4.78 is 5.24. The summed E-state index contributed by atoms with van der Waals surface area (Å²) in [5.74, 6) is 1.04. The van der Waals surface area contributed by atoms with Gasteiger partial charge in [-0.3, -0.25) is 14.9 Å². The molecule has 0 aliphatic heterocycles. The molecule has 0 aliphatic carbocycles. The topological polar surface area (TPSA) is 110 Å². The van der Waals surface area contributed by atoms with E-state index in [4.69, 9.17) is 4.52 Å². The van der Waals surface area contributed by atoms with E-state index in [2.05, 4.69) is 51.4 Å². The van der Waals surface area contributed by atoms with Crippen molar-refractivity contribution in [1.29, 1.82) is 0 Å². The first-order valence-electron chi connectivity index (χ1n) is 8.96. The second kappa shape index (κ2) is 8.11. The van der Waals surface area contributed by atoms with Crippen molar-refractivity contribution in [2.75, 3.05) is 0 Å². The number of aromatic nitrogens is 5. The molecule has 0 unspecified atom stereocenters. The summed E-state index contributed by atoms with van der Waals surface area (Å²) in [4.78, 5) is 20.3. The van der Waals surface area contributed by atoms with E-state index in [9.17, 15) is 4.79 Å². The van der Waals surface area contributed by atoms with Crippen LogP contribution in [0.1, 0.15) is 50.9 Å². The lowest BCUT2D eigenvalue weighted by molar-refractivity contribution is -0.121. The van der Waals surface area contributed by atoms with Crippen LogP contribution in [0.5, 0.6) is 0 Å². The molecule has 0 bridgehead atoms. The van der Waals surface area contributed by atoms with Crippen molar-refractivity contribution >= 4 is 5.91 Å². The highest BCUT2D eigenvalue weighted by molar-refractivity contribution is 5.75. The van der Waals surface area contributed by atoms with E-state index >= 15 is 0 Å². The number of nitrogens with one attached hydrogen (secondary N) is 2. The minimum absolute atomic E-state index is 0.0159. The molecule has 0 aliphatic rings. The van der Waals surface area contributed by atoms with Crippen molar-refractivity contribution in [3.05, 3.63) is 47.9 Å². The van der Waals surface area contributed by atoms with Gasteiger partial charge in [-0.25, -0.2) is 0 Å². The molecule has 8 nitrogen and oxygen atoms in total. The van der Waals surface area contributed by atoms with Crippen LogP contribution in [0.25, 0.3) is 11.4 Å². The second-order valence-electron chi connectivity index (χ2n) is 7.41. The van der Waals surface area contributed by atoms with Gasteiger partial charge in [-0.2, -0.15) is 10.1 Å². The second-order valence-corrected chi connectivity index (χ2v) is 7.41. The Labute approximate surface area is 157 Å². The number of amides is 1. The number of hydrogen-bond acceptors (Lipinski definition) is 6. The first-order chi connectivity index (χ1) is 12.9. The summed E-state index contributed by atoms with van der Waals surface area (Å²) in [5, 5.41) is 14.1. The SMILES string of the molecule is CC(C)(C)c1cc(CNC(=O)CCCc2nc(-c3ccncc3)no2)[nH]n1. The Kier molecular flexibility index (Phi) is 5.63. The number of carbonyl (C=O) groups is 1. The van der Waals surface area contributed by atoms with Gasteiger partial charge in [-0.1, -0.05) is 25.9 Å². The molecule has 3 aromatic heterocycles. The normalized spacial score (nSPS) is 11.5. The molecular weight excluding hydrogens is 344 g/mol. The number of aromatic amines is 1. The monoisotopic (exact) mass is 368 g/mol. The van der Waals surface area contributed by atoms with Crippen molar-refractivity contribution in [2.45, 2.75) is 52.0 Å². The lowest BCUT2D eigenvalue weighted by Gasteiger charge is -2.13. The van der Waals surface area contributed by atoms with E-state index in [-0.39, 0.29) is 11.3 Å². The zero-order chi connectivity index (χ0) is 19.3. The van der Waals surface area contributed by atoms with E-state index in [1.807, 2.05) is 18.2 Å². The van der Waals surface area contributed by atoms with E-state index in [1.165, 1.54) is 0 Å². The van der Waals surface area contributed by atoms with Crippen molar-refractivity contribution in [3.63, 3.8) is 0 Å². The van der Waals surface area contributed by atoms with Gasteiger partial charge in [0.1, 0.15) is 0 Å². The first kappa shape index (κ1) is 18.8. The molecule has 142 valence electrons. The van der Waals surface area contributed by atoms with Crippen LogP contribution in [0.2, 0.25) is 0 Å². The Morgan fingerprint density at radius 1 is 1.26 bits per heavy atom. The van der Waals surface area contributed by atoms with Crippen molar-refractivity contribution in [3.8, 4) is 11.4 Å². The fraction of sp³-hybridized carbons (Fsp3) is 0.421. The van der Waals surface area contributed by atoms with Crippen LogP contribution in [0.4, 0.5) is 0 Å². The molecule has 3 aromatic rings. The smallest absolute Gasteiger partial charge is 0.226 e. The van der Waals surface area contributed by atoms with E-state index in [0.29, 0.717) is 37.5 Å². The largest absolute Gasteiger partial charge is 0.350 e. The highest BCUT2D eigenvalue weighted by Crippen LogP contribution is 2.20. The van der Waals surface area contributed by atoms with Crippen molar-refractivity contribution < 1.29 is 9.32 Å². The molecule has 2 N–H and O–H groups in total. The summed E-state index contributed by atoms with van der Waals surface area (Å²) in [6.07, 6.45) is 4.96. The molecule has 27 heavy (non-hydrogen) atoms. The average molecular weight is 368 g/mol. The quantitative estimate of drug-likeness (QED) is 0.663. The van der Waals surface area contributed by atoms with Gasteiger partial charge < -0.3 is 9.84 Å². The lowest BCUT2D eigenvalue weighted by Crippen LogP contribution is -2.22. The van der Waals surface area contributed by atoms with Crippen LogP contribution < -0.4 is 5.32 Å². The maximum absolute atomic E-state index is 12.0. The number of aryl methyl sites for hydroxylation is 1. The molecule has 0 saturated heterocycles. The highest BCUT2D eigenvalue weighted by atomic mass is 16.5. The number of pyridine rings is 1. The summed E-state index contributed by atoms with van der Waals surface area (Å²) in [6, 6.07) is 5.63. The molecule has 0 saturated carbocycles. The molecule has 0 spiro atoms. The van der Waals surface area contributed by atoms with Crippen LogP contribution in [0, 0.1) is 0 Å². The van der Waals surface area contributed by atoms with Gasteiger partial charge >= 0.3 is 0 Å². The van der Waals surface area contributed by atoms with Crippen LogP contribution in [0.15, 0.2) is 35.1 Å². The number of H-pyrrole nitrogens is 1. The van der Waals surface area contributed by atoms with E-state index in [0.717, 1.165) is 17.0 Å². The zero-order valence-electron chi connectivity index (χ0n) is 15.8. The Morgan fingerprint density at radius 3 is 2.74 bits per heavy atom. The Bertz CT molecular complexity index is 879. The van der Waals surface area contributed by atoms with Gasteiger partial charge in [0.25, 0.3) is 0 Å². The summed E-state index contributed by atoms with van der Waals surface area (Å²) in [5.41, 5.74) is 2.71. The summed E-state index contributed by atoms with van der Waals surface area (Å²) in [6.45, 7) is 6.74. The summed E-state index contributed by atoms with van der Waals surface area (Å²) >= 11 is 0. The Morgan fingerprint density at radius 2 is 2.04 bits per heavy atom. The first-order valence-corrected chi connectivity index (χ1v) is 8.96. The molecule has 0 radical (unpaired) electrons. The molecule has 1 amide bonds. The highest BCUT2D eigenvalue weighted by Gasteiger charge is 2.17. The molecule has 3 heterocycles. The van der Waals surface area contributed by atoms with Gasteiger partial charge in [0, 0.05) is 36.2 Å². The molecular formula is C19H24N6O2. The minimum atomic E-state index is -0.0178. The predicted molar refractivity (Wildman–Crippen MR) is 99.6 cm³/mol. The number of rotatable bonds is 7. The fourth-order valence-electron chi connectivity index (χ4n) is 2.49. The maximum atomic E-state index is 12.0. The Balaban J connectivity index is 1.41. The van der Waals surface area contributed by atoms with Crippen LogP contribution in [-0.4, -0.2) is 31.2 Å². The molecule has 3 rings (SSSR count). The maximum Gasteiger partial charge on any atom is 0.226 e. The van der Waals surface area contributed by atoms with Crippen LogP contribution in [-0.2, 0) is 23.2 Å². The predicted octanol–water partition coefficient (Wildman–Crippen LogP) is 2.79. The van der Waals surface area contributed by atoms with Crippen molar-refractivity contribution in [2.24, 2.45) is 0 Å². The third-order valence-electron chi connectivity index (χ3n) is 4.08. The average Bonchev–Trinajstić information content (AvgIpc) is 3.30. The molecule has 0 aromatic carbocycles. The van der Waals surface area contributed by atoms with Gasteiger partial charge in [-0.05, 0) is 24.6 Å². The number of hydrogen-bond donors (Lipinski definition) is 2. The number of nitrogens with zero attached hydrogens (tertiary/aromatic N) is 4. The van der Waals surface area contributed by atoms with E-state index in [1.54, 1.807) is 12.4 Å². The third kappa shape index (κ3) is 5.22. The third-order valence-corrected chi connectivity index (χ3v) is 4.08. The van der Waals surface area contributed by atoms with Gasteiger partial charge in [0.15, 0.2) is 0 Å². The molecule has 0 atom stereocenters. The minimum Gasteiger partial charge on any atom is -0.350 e. The lowest BCUT2D eigenvalue weighted by atomic mass is 9.92. The zero-order valence-corrected chi connectivity index (χ0v) is 15.8. The number of carbonyl (C=O) groups excluding carboxylic acids is 1.